The lowest BCUT2D eigenvalue weighted by Gasteiger charge is -2.27. The van der Waals surface area contributed by atoms with E-state index in [2.05, 4.69) is 17.1 Å². The van der Waals surface area contributed by atoms with Crippen molar-refractivity contribution in [2.75, 3.05) is 31.7 Å². The largest absolute Gasteiger partial charge is 0.417 e. The molecule has 0 heterocycles. The van der Waals surface area contributed by atoms with Gasteiger partial charge in [-0.2, -0.15) is 18.1 Å². The molecule has 0 bridgehead atoms. The molecule has 0 aliphatic rings. The number of sulfone groups is 1. The van der Waals surface area contributed by atoms with Gasteiger partial charge in [-0.3, -0.25) is 4.79 Å². The predicted molar refractivity (Wildman–Crippen MR) is 125 cm³/mol. The third kappa shape index (κ3) is 6.53. The van der Waals surface area contributed by atoms with Crippen LogP contribution in [0.5, 0.6) is 0 Å². The molecule has 2 aromatic carbocycles. The average Bonchev–Trinajstić information content (AvgIpc) is 2.76. The van der Waals surface area contributed by atoms with Gasteiger partial charge in [0, 0.05) is 42.4 Å². The molecule has 0 aliphatic carbocycles. The lowest BCUT2D eigenvalue weighted by atomic mass is 9.96. The van der Waals surface area contributed by atoms with Crippen molar-refractivity contribution in [2.24, 2.45) is 5.18 Å². The van der Waals surface area contributed by atoms with Crippen LogP contribution in [0.3, 0.4) is 0 Å². The lowest BCUT2D eigenvalue weighted by molar-refractivity contribution is -0.137. The number of likely N-dealkylation sites (N-methyl/N-ethyl adjacent to an activating group) is 1. The summed E-state index contributed by atoms with van der Waals surface area (Å²) >= 11 is 0. The van der Waals surface area contributed by atoms with Crippen molar-refractivity contribution in [2.45, 2.75) is 18.0 Å². The van der Waals surface area contributed by atoms with Gasteiger partial charge in [0.1, 0.15) is 0 Å². The van der Waals surface area contributed by atoms with E-state index < -0.39 is 27.5 Å². The van der Waals surface area contributed by atoms with Crippen LogP contribution in [-0.2, 0) is 20.8 Å². The van der Waals surface area contributed by atoms with Crippen molar-refractivity contribution in [1.29, 1.82) is 0 Å². The molecule has 0 radical (unpaired) electrons. The van der Waals surface area contributed by atoms with E-state index in [4.69, 9.17) is 0 Å². The second kappa shape index (κ2) is 10.6. The third-order valence-electron chi connectivity index (χ3n) is 5.02. The molecular formula is C23H24F3N3O4S. The summed E-state index contributed by atoms with van der Waals surface area (Å²) < 4.78 is 64.3. The Hall–Kier alpha value is -3.47. The highest BCUT2D eigenvalue weighted by molar-refractivity contribution is 7.90. The van der Waals surface area contributed by atoms with Crippen molar-refractivity contribution in [3.8, 4) is 0 Å². The van der Waals surface area contributed by atoms with Gasteiger partial charge >= 0.3 is 6.18 Å². The van der Waals surface area contributed by atoms with Crippen molar-refractivity contribution in [3.63, 3.8) is 0 Å². The molecule has 7 nitrogen and oxygen atoms in total. The van der Waals surface area contributed by atoms with E-state index in [1.165, 1.54) is 61.3 Å². The Labute approximate surface area is 195 Å². The molecule has 0 spiro atoms. The second-order valence-corrected chi connectivity index (χ2v) is 9.54. The van der Waals surface area contributed by atoms with Gasteiger partial charge in [-0.05, 0) is 42.8 Å². The number of nitrogens with one attached hydrogen (secondary N) is 1. The summed E-state index contributed by atoms with van der Waals surface area (Å²) in [6.07, 6.45) is -3.61. The standard InChI is InChI=1S/C23H24F3N3O4S/c1-15(16(2)22(30)28-17-9-11-18(12-10-17)34(4,32)33)21(29(3)14-13-27-31)19-7-5-6-8-20(19)23(24,25)26/h5-12H,2,13-14H2,1,3-4H3,(H,28,30)/b21-15-. The van der Waals surface area contributed by atoms with Crippen molar-refractivity contribution in [3.05, 3.63) is 82.3 Å². The minimum Gasteiger partial charge on any atom is -0.372 e. The SMILES string of the molecule is C=C(C(=O)Nc1ccc(S(C)(=O)=O)cc1)/C(C)=C(/c1ccccc1C(F)(F)F)N(C)CCN=O. The Morgan fingerprint density at radius 3 is 2.24 bits per heavy atom. The molecule has 0 saturated carbocycles. The summed E-state index contributed by atoms with van der Waals surface area (Å²) in [6, 6.07) is 10.3. The van der Waals surface area contributed by atoms with Crippen molar-refractivity contribution >= 4 is 27.1 Å². The molecule has 1 amide bonds. The van der Waals surface area contributed by atoms with Gasteiger partial charge in [-0.1, -0.05) is 30.0 Å². The molecule has 1 N–H and O–H groups in total. The fraction of sp³-hybridized carbons (Fsp3) is 0.261. The molecule has 0 atom stereocenters. The maximum atomic E-state index is 13.7. The van der Waals surface area contributed by atoms with Gasteiger partial charge in [0.2, 0.25) is 0 Å². The van der Waals surface area contributed by atoms with Crippen molar-refractivity contribution in [1.82, 2.24) is 4.90 Å². The number of nitroso groups, excluding NO2 is 1. The zero-order chi connectivity index (χ0) is 25.7. The van der Waals surface area contributed by atoms with Crippen LogP contribution in [0.25, 0.3) is 5.70 Å². The molecule has 2 rings (SSSR count). The van der Waals surface area contributed by atoms with E-state index in [-0.39, 0.29) is 46.1 Å². The Kier molecular flexibility index (Phi) is 8.38. The van der Waals surface area contributed by atoms with Gasteiger partial charge < -0.3 is 10.2 Å². The minimum atomic E-state index is -4.66. The Balaban J connectivity index is 2.48. The molecular weight excluding hydrogens is 471 g/mol. The first kappa shape index (κ1) is 26.8. The van der Waals surface area contributed by atoms with Gasteiger partial charge in [-0.15, -0.1) is 0 Å². The topological polar surface area (TPSA) is 95.9 Å². The number of benzene rings is 2. The van der Waals surface area contributed by atoms with Crippen LogP contribution in [0.2, 0.25) is 0 Å². The van der Waals surface area contributed by atoms with Crippen LogP contribution >= 0.6 is 0 Å². The number of alkyl halides is 3. The first-order chi connectivity index (χ1) is 15.8. The maximum absolute atomic E-state index is 13.7. The van der Waals surface area contributed by atoms with Crippen LogP contribution in [0.4, 0.5) is 18.9 Å². The highest BCUT2D eigenvalue weighted by Crippen LogP contribution is 2.37. The molecule has 0 unspecified atom stereocenters. The van der Waals surface area contributed by atoms with E-state index in [1.54, 1.807) is 0 Å². The maximum Gasteiger partial charge on any atom is 0.417 e. The quantitative estimate of drug-likeness (QED) is 0.308. The average molecular weight is 496 g/mol. The summed E-state index contributed by atoms with van der Waals surface area (Å²) in [5, 5.41) is 5.32. The van der Waals surface area contributed by atoms with E-state index in [1.807, 2.05) is 0 Å². The summed E-state index contributed by atoms with van der Waals surface area (Å²) in [7, 11) is -1.93. The summed E-state index contributed by atoms with van der Waals surface area (Å²) in [5.41, 5.74) is -0.668. The van der Waals surface area contributed by atoms with Crippen LogP contribution in [0, 0.1) is 4.91 Å². The number of nitrogens with zero attached hydrogens (tertiary/aromatic N) is 2. The number of hydrogen-bond donors (Lipinski definition) is 1. The molecule has 11 heteroatoms. The number of hydrogen-bond acceptors (Lipinski definition) is 6. The molecule has 0 saturated heterocycles. The zero-order valence-corrected chi connectivity index (χ0v) is 19.6. The first-order valence-corrected chi connectivity index (χ1v) is 11.8. The van der Waals surface area contributed by atoms with E-state index in [0.29, 0.717) is 0 Å². The Morgan fingerprint density at radius 2 is 1.71 bits per heavy atom. The Bertz CT molecular complexity index is 1220. The highest BCUT2D eigenvalue weighted by atomic mass is 32.2. The number of rotatable bonds is 9. The molecule has 2 aromatic rings. The van der Waals surface area contributed by atoms with Gasteiger partial charge in [-0.25, -0.2) is 8.42 Å². The number of amides is 1. The zero-order valence-electron chi connectivity index (χ0n) is 18.8. The predicted octanol–water partition coefficient (Wildman–Crippen LogP) is 4.73. The van der Waals surface area contributed by atoms with E-state index in [0.717, 1.165) is 12.3 Å². The normalized spacial score (nSPS) is 12.5. The molecule has 34 heavy (non-hydrogen) atoms. The highest BCUT2D eigenvalue weighted by Gasteiger charge is 2.35. The minimum absolute atomic E-state index is 0.0181. The first-order valence-electron chi connectivity index (χ1n) is 9.95. The van der Waals surface area contributed by atoms with E-state index >= 15 is 0 Å². The molecule has 0 aromatic heterocycles. The van der Waals surface area contributed by atoms with Gasteiger partial charge in [0.25, 0.3) is 5.91 Å². The summed E-state index contributed by atoms with van der Waals surface area (Å²) in [5.74, 6) is -0.687. The molecule has 182 valence electrons. The fourth-order valence-electron chi connectivity index (χ4n) is 3.24. The van der Waals surface area contributed by atoms with E-state index in [9.17, 15) is 31.3 Å². The smallest absolute Gasteiger partial charge is 0.372 e. The monoisotopic (exact) mass is 495 g/mol. The molecule has 0 fully saturated rings. The third-order valence-corrected chi connectivity index (χ3v) is 6.15. The van der Waals surface area contributed by atoms with Crippen LogP contribution < -0.4 is 5.32 Å². The summed E-state index contributed by atoms with van der Waals surface area (Å²) in [4.78, 5) is 24.9. The number of carbonyl (C=O) groups excluding carboxylic acids is 1. The fourth-order valence-corrected chi connectivity index (χ4v) is 3.87. The van der Waals surface area contributed by atoms with Gasteiger partial charge in [0.05, 0.1) is 17.0 Å². The summed E-state index contributed by atoms with van der Waals surface area (Å²) in [6.45, 7) is 5.05. The molecule has 0 aliphatic heterocycles. The number of anilines is 1. The van der Waals surface area contributed by atoms with Crippen LogP contribution in [0.15, 0.2) is 76.3 Å². The second-order valence-electron chi connectivity index (χ2n) is 7.52. The number of halogens is 3. The number of carbonyl (C=O) groups is 1. The van der Waals surface area contributed by atoms with Gasteiger partial charge in [0.15, 0.2) is 9.84 Å². The van der Waals surface area contributed by atoms with Crippen molar-refractivity contribution < 1.29 is 26.4 Å². The Morgan fingerprint density at radius 1 is 1.12 bits per heavy atom. The lowest BCUT2D eigenvalue weighted by Crippen LogP contribution is -2.25. The van der Waals surface area contributed by atoms with Crippen LogP contribution in [-0.4, -0.2) is 45.6 Å². The van der Waals surface area contributed by atoms with Crippen LogP contribution in [0.1, 0.15) is 18.1 Å².